The lowest BCUT2D eigenvalue weighted by Crippen LogP contribution is -2.38. The SMILES string of the molecule is CN=C(NCCCCN1CCC(Cc2ccccc2)CC1)NCc1nc(C)c(C)s1. The molecule has 6 heteroatoms. The van der Waals surface area contributed by atoms with Crippen LogP contribution in [0.5, 0.6) is 0 Å². The van der Waals surface area contributed by atoms with Crippen LogP contribution in [0.1, 0.15) is 46.8 Å². The fourth-order valence-corrected chi connectivity index (χ4v) is 4.90. The Labute approximate surface area is 186 Å². The van der Waals surface area contributed by atoms with Crippen molar-refractivity contribution in [3.63, 3.8) is 0 Å². The largest absolute Gasteiger partial charge is 0.356 e. The second-order valence-corrected chi connectivity index (χ2v) is 9.57. The van der Waals surface area contributed by atoms with Crippen LogP contribution in [0, 0.1) is 19.8 Å². The van der Waals surface area contributed by atoms with Crippen molar-refractivity contribution in [2.24, 2.45) is 10.9 Å². The summed E-state index contributed by atoms with van der Waals surface area (Å²) in [4.78, 5) is 12.8. The Morgan fingerprint density at radius 2 is 1.90 bits per heavy atom. The van der Waals surface area contributed by atoms with Gasteiger partial charge in [-0.15, -0.1) is 11.3 Å². The zero-order valence-electron chi connectivity index (χ0n) is 18.8. The van der Waals surface area contributed by atoms with Crippen molar-refractivity contribution in [1.82, 2.24) is 20.5 Å². The molecular formula is C24H37N5S. The van der Waals surface area contributed by atoms with Gasteiger partial charge in [-0.1, -0.05) is 30.3 Å². The number of guanidine groups is 1. The molecule has 0 unspecified atom stereocenters. The maximum absolute atomic E-state index is 4.57. The zero-order chi connectivity index (χ0) is 21.2. The Kier molecular flexibility index (Phi) is 9.15. The molecule has 1 aliphatic rings. The lowest BCUT2D eigenvalue weighted by Gasteiger charge is -2.32. The van der Waals surface area contributed by atoms with E-state index in [1.165, 1.54) is 62.2 Å². The van der Waals surface area contributed by atoms with Gasteiger partial charge < -0.3 is 15.5 Å². The molecule has 0 atom stereocenters. The van der Waals surface area contributed by atoms with Crippen LogP contribution in [0.15, 0.2) is 35.3 Å². The van der Waals surface area contributed by atoms with Crippen LogP contribution in [0.4, 0.5) is 0 Å². The van der Waals surface area contributed by atoms with Crippen LogP contribution in [-0.4, -0.2) is 49.1 Å². The van der Waals surface area contributed by atoms with Crippen LogP contribution >= 0.6 is 11.3 Å². The van der Waals surface area contributed by atoms with Crippen molar-refractivity contribution in [3.8, 4) is 0 Å². The van der Waals surface area contributed by atoms with Gasteiger partial charge in [0.25, 0.3) is 0 Å². The van der Waals surface area contributed by atoms with Gasteiger partial charge in [0, 0.05) is 18.5 Å². The first-order chi connectivity index (χ1) is 14.6. The Morgan fingerprint density at radius 3 is 2.57 bits per heavy atom. The number of likely N-dealkylation sites (tertiary alicyclic amines) is 1. The predicted molar refractivity (Wildman–Crippen MR) is 128 cm³/mol. The topological polar surface area (TPSA) is 52.6 Å². The van der Waals surface area contributed by atoms with Crippen LogP contribution in [0.3, 0.4) is 0 Å². The van der Waals surface area contributed by atoms with E-state index in [2.05, 4.69) is 69.7 Å². The van der Waals surface area contributed by atoms with Crippen molar-refractivity contribution in [1.29, 1.82) is 0 Å². The van der Waals surface area contributed by atoms with E-state index in [-0.39, 0.29) is 0 Å². The molecule has 2 heterocycles. The summed E-state index contributed by atoms with van der Waals surface area (Å²) in [7, 11) is 1.83. The Bertz CT molecular complexity index is 759. The summed E-state index contributed by atoms with van der Waals surface area (Å²) in [6, 6.07) is 10.9. The lowest BCUT2D eigenvalue weighted by atomic mass is 9.90. The molecule has 0 aliphatic carbocycles. The molecule has 0 saturated carbocycles. The summed E-state index contributed by atoms with van der Waals surface area (Å²) in [6.07, 6.45) is 6.31. The Balaban J connectivity index is 1.24. The highest BCUT2D eigenvalue weighted by Gasteiger charge is 2.18. The van der Waals surface area contributed by atoms with Gasteiger partial charge in [0.2, 0.25) is 0 Å². The van der Waals surface area contributed by atoms with E-state index in [1.54, 1.807) is 11.3 Å². The number of aliphatic imine (C=N–C) groups is 1. The van der Waals surface area contributed by atoms with Crippen LogP contribution < -0.4 is 10.6 Å². The normalized spacial score (nSPS) is 16.0. The molecule has 30 heavy (non-hydrogen) atoms. The van der Waals surface area contributed by atoms with Crippen LogP contribution in [-0.2, 0) is 13.0 Å². The second kappa shape index (κ2) is 12.1. The highest BCUT2D eigenvalue weighted by molar-refractivity contribution is 7.11. The summed E-state index contributed by atoms with van der Waals surface area (Å²) in [6.45, 7) is 9.59. The zero-order valence-corrected chi connectivity index (χ0v) is 19.6. The minimum absolute atomic E-state index is 0.733. The number of aryl methyl sites for hydroxylation is 2. The van der Waals surface area contributed by atoms with Gasteiger partial charge in [0.05, 0.1) is 12.2 Å². The van der Waals surface area contributed by atoms with Crippen molar-refractivity contribution in [2.45, 2.75) is 52.5 Å². The number of aromatic nitrogens is 1. The van der Waals surface area contributed by atoms with E-state index in [0.29, 0.717) is 0 Å². The smallest absolute Gasteiger partial charge is 0.191 e. The molecule has 2 aromatic rings. The number of nitrogens with one attached hydrogen (secondary N) is 2. The first-order valence-electron chi connectivity index (χ1n) is 11.3. The van der Waals surface area contributed by atoms with Gasteiger partial charge in [-0.2, -0.15) is 0 Å². The van der Waals surface area contributed by atoms with E-state index in [0.717, 1.165) is 35.7 Å². The van der Waals surface area contributed by atoms with Gasteiger partial charge in [-0.3, -0.25) is 4.99 Å². The Hall–Kier alpha value is -1.92. The molecule has 0 bridgehead atoms. The van der Waals surface area contributed by atoms with Crippen molar-refractivity contribution < 1.29 is 0 Å². The Morgan fingerprint density at radius 1 is 1.13 bits per heavy atom. The number of nitrogens with zero attached hydrogens (tertiary/aromatic N) is 3. The number of unbranched alkanes of at least 4 members (excludes halogenated alkanes) is 1. The van der Waals surface area contributed by atoms with E-state index in [9.17, 15) is 0 Å². The molecule has 3 rings (SSSR count). The highest BCUT2D eigenvalue weighted by atomic mass is 32.1. The number of rotatable bonds is 9. The predicted octanol–water partition coefficient (Wildman–Crippen LogP) is 4.16. The monoisotopic (exact) mass is 427 g/mol. The van der Waals surface area contributed by atoms with Gasteiger partial charge in [-0.05, 0) is 77.1 Å². The lowest BCUT2D eigenvalue weighted by molar-refractivity contribution is 0.181. The molecule has 0 amide bonds. The third kappa shape index (κ3) is 7.40. The van der Waals surface area contributed by atoms with Crippen molar-refractivity contribution in [2.75, 3.05) is 33.2 Å². The summed E-state index contributed by atoms with van der Waals surface area (Å²) >= 11 is 1.75. The minimum atomic E-state index is 0.733. The van der Waals surface area contributed by atoms with Crippen LogP contribution in [0.25, 0.3) is 0 Å². The van der Waals surface area contributed by atoms with Gasteiger partial charge in [0.15, 0.2) is 5.96 Å². The number of benzene rings is 1. The van der Waals surface area contributed by atoms with E-state index in [4.69, 9.17) is 0 Å². The van der Waals surface area contributed by atoms with E-state index < -0.39 is 0 Å². The minimum Gasteiger partial charge on any atom is -0.356 e. The van der Waals surface area contributed by atoms with Crippen LogP contribution in [0.2, 0.25) is 0 Å². The maximum atomic E-state index is 4.57. The molecule has 0 spiro atoms. The van der Waals surface area contributed by atoms with E-state index >= 15 is 0 Å². The molecule has 1 fully saturated rings. The first-order valence-corrected chi connectivity index (χ1v) is 12.1. The molecule has 1 aromatic heterocycles. The second-order valence-electron chi connectivity index (χ2n) is 8.28. The number of piperidine rings is 1. The molecule has 1 saturated heterocycles. The van der Waals surface area contributed by atoms with Crippen molar-refractivity contribution >= 4 is 17.3 Å². The summed E-state index contributed by atoms with van der Waals surface area (Å²) < 4.78 is 0. The third-order valence-electron chi connectivity index (χ3n) is 5.97. The van der Waals surface area contributed by atoms with Crippen molar-refractivity contribution in [3.05, 3.63) is 51.5 Å². The fourth-order valence-electron chi connectivity index (χ4n) is 4.02. The van der Waals surface area contributed by atoms with E-state index in [1.807, 2.05) is 7.05 Å². The quantitative estimate of drug-likeness (QED) is 0.358. The van der Waals surface area contributed by atoms with Gasteiger partial charge in [0.1, 0.15) is 5.01 Å². The van der Waals surface area contributed by atoms with Gasteiger partial charge in [-0.25, -0.2) is 4.98 Å². The summed E-state index contributed by atoms with van der Waals surface area (Å²) in [5, 5.41) is 7.91. The third-order valence-corrected chi connectivity index (χ3v) is 7.04. The highest BCUT2D eigenvalue weighted by Crippen LogP contribution is 2.21. The summed E-state index contributed by atoms with van der Waals surface area (Å²) in [5.74, 6) is 1.72. The fraction of sp³-hybridized carbons (Fsp3) is 0.583. The molecular weight excluding hydrogens is 390 g/mol. The number of thiazole rings is 1. The maximum Gasteiger partial charge on any atom is 0.191 e. The first kappa shape index (κ1) is 22.8. The average molecular weight is 428 g/mol. The molecule has 1 aromatic carbocycles. The van der Waals surface area contributed by atoms with Gasteiger partial charge >= 0.3 is 0 Å². The molecule has 2 N–H and O–H groups in total. The molecule has 5 nitrogen and oxygen atoms in total. The standard InChI is InChI=1S/C24H37N5S/c1-19-20(2)30-23(28-19)18-27-24(25-3)26-13-7-8-14-29-15-11-22(12-16-29)17-21-9-5-4-6-10-21/h4-6,9-10,22H,7-8,11-18H2,1-3H3,(H2,25,26,27). The summed E-state index contributed by atoms with van der Waals surface area (Å²) in [5.41, 5.74) is 2.62. The molecule has 1 aliphatic heterocycles. The molecule has 164 valence electrons. The average Bonchev–Trinajstić information content (AvgIpc) is 3.09. The number of hydrogen-bond donors (Lipinski definition) is 2. The number of hydrogen-bond acceptors (Lipinski definition) is 4. The molecule has 0 radical (unpaired) electrons.